The molecule has 5 nitrogen and oxygen atoms in total. The zero-order chi connectivity index (χ0) is 23.6. The van der Waals surface area contributed by atoms with E-state index in [1.165, 1.54) is 18.4 Å². The van der Waals surface area contributed by atoms with Crippen LogP contribution >= 0.6 is 0 Å². The summed E-state index contributed by atoms with van der Waals surface area (Å²) in [5.41, 5.74) is 4.67. The molecule has 0 amide bonds. The van der Waals surface area contributed by atoms with Gasteiger partial charge in [-0.3, -0.25) is 0 Å². The van der Waals surface area contributed by atoms with Gasteiger partial charge in [0.1, 0.15) is 12.7 Å². The Kier molecular flexibility index (Phi) is 7.32. The largest absolute Gasteiger partial charge is 0.461 e. The summed E-state index contributed by atoms with van der Waals surface area (Å²) in [7, 11) is 0. The smallest absolute Gasteiger partial charge is 0.332 e. The highest BCUT2D eigenvalue weighted by atomic mass is 16.6. The zero-order valence-corrected chi connectivity index (χ0v) is 20.3. The van der Waals surface area contributed by atoms with Crippen LogP contribution in [-0.2, 0) is 14.3 Å². The van der Waals surface area contributed by atoms with E-state index >= 15 is 0 Å². The van der Waals surface area contributed by atoms with Crippen LogP contribution in [-0.4, -0.2) is 40.8 Å². The molecule has 0 saturated heterocycles. The van der Waals surface area contributed by atoms with Crippen LogP contribution in [0.25, 0.3) is 0 Å². The highest BCUT2D eigenvalue weighted by Crippen LogP contribution is 2.55. The lowest BCUT2D eigenvalue weighted by Crippen LogP contribution is -2.43. The number of hydrogen-bond acceptors (Lipinski definition) is 5. The Labute approximate surface area is 198 Å². The number of fused-ring (bicyclic) bond motifs is 1. The van der Waals surface area contributed by atoms with Crippen molar-refractivity contribution in [3.8, 4) is 0 Å². The van der Waals surface area contributed by atoms with Gasteiger partial charge < -0.3 is 19.7 Å². The Balaban J connectivity index is 1.43. The molecule has 0 aliphatic heterocycles. The van der Waals surface area contributed by atoms with Crippen LogP contribution in [0.4, 0.5) is 0 Å². The van der Waals surface area contributed by atoms with Crippen LogP contribution in [0, 0.1) is 11.3 Å². The Morgan fingerprint density at radius 1 is 1.27 bits per heavy atom. The first kappa shape index (κ1) is 24.4. The number of esters is 1. The van der Waals surface area contributed by atoms with Gasteiger partial charge in [-0.05, 0) is 80.3 Å². The zero-order valence-electron chi connectivity index (χ0n) is 20.3. The molecule has 4 atom stereocenters. The SMILES string of the molecule is C=C1C(=CC=C2CCC[C@]3(C)C(CC)=CC[C@@H]23)C[C@](O)(OCC(=O)OC2CCCC2)CC1O. The van der Waals surface area contributed by atoms with Gasteiger partial charge in [0, 0.05) is 12.8 Å². The van der Waals surface area contributed by atoms with E-state index < -0.39 is 17.9 Å². The number of allylic oxidation sites excluding steroid dienone is 5. The Morgan fingerprint density at radius 3 is 2.76 bits per heavy atom. The molecule has 0 bridgehead atoms. The van der Waals surface area contributed by atoms with Gasteiger partial charge in [-0.2, -0.15) is 0 Å². The van der Waals surface area contributed by atoms with Gasteiger partial charge in [-0.1, -0.05) is 49.8 Å². The summed E-state index contributed by atoms with van der Waals surface area (Å²) < 4.78 is 11.0. The van der Waals surface area contributed by atoms with E-state index in [-0.39, 0.29) is 31.0 Å². The maximum Gasteiger partial charge on any atom is 0.332 e. The third kappa shape index (κ3) is 5.21. The summed E-state index contributed by atoms with van der Waals surface area (Å²) in [4.78, 5) is 12.2. The summed E-state index contributed by atoms with van der Waals surface area (Å²) in [6.45, 7) is 8.40. The second-order valence-corrected chi connectivity index (χ2v) is 10.6. The van der Waals surface area contributed by atoms with E-state index in [2.05, 4.69) is 32.6 Å². The van der Waals surface area contributed by atoms with Gasteiger partial charge >= 0.3 is 5.97 Å². The number of hydrogen-bond donors (Lipinski definition) is 2. The average Bonchev–Trinajstić information content (AvgIpc) is 3.41. The molecule has 4 aliphatic carbocycles. The van der Waals surface area contributed by atoms with Crippen molar-refractivity contribution in [1.82, 2.24) is 0 Å². The molecule has 0 aromatic rings. The minimum atomic E-state index is -1.61. The van der Waals surface area contributed by atoms with Crippen molar-refractivity contribution >= 4 is 5.97 Å². The highest BCUT2D eigenvalue weighted by molar-refractivity contribution is 5.71. The molecule has 3 fully saturated rings. The molecule has 182 valence electrons. The third-order valence-electron chi connectivity index (χ3n) is 8.44. The molecule has 4 rings (SSSR count). The van der Waals surface area contributed by atoms with E-state index in [9.17, 15) is 15.0 Å². The average molecular weight is 457 g/mol. The molecule has 1 unspecified atom stereocenters. The van der Waals surface area contributed by atoms with Crippen molar-refractivity contribution < 1.29 is 24.5 Å². The number of carbonyl (C=O) groups excluding carboxylic acids is 1. The molecule has 33 heavy (non-hydrogen) atoms. The van der Waals surface area contributed by atoms with Gasteiger partial charge in [0.2, 0.25) is 0 Å². The van der Waals surface area contributed by atoms with Crippen molar-refractivity contribution in [2.75, 3.05) is 6.61 Å². The number of aliphatic hydroxyl groups is 2. The monoisotopic (exact) mass is 456 g/mol. The first-order valence-corrected chi connectivity index (χ1v) is 12.8. The minimum absolute atomic E-state index is 0.000922. The lowest BCUT2D eigenvalue weighted by molar-refractivity contribution is -0.226. The number of rotatable bonds is 6. The Morgan fingerprint density at radius 2 is 2.03 bits per heavy atom. The first-order chi connectivity index (χ1) is 15.7. The van der Waals surface area contributed by atoms with Crippen LogP contribution < -0.4 is 0 Å². The van der Waals surface area contributed by atoms with Gasteiger partial charge in [0.05, 0.1) is 6.10 Å². The quantitative estimate of drug-likeness (QED) is 0.323. The topological polar surface area (TPSA) is 76.0 Å². The fourth-order valence-corrected chi connectivity index (χ4v) is 6.48. The molecular formula is C28H40O5. The van der Waals surface area contributed by atoms with E-state index in [4.69, 9.17) is 9.47 Å². The van der Waals surface area contributed by atoms with Gasteiger partial charge in [-0.25, -0.2) is 4.79 Å². The maximum absolute atomic E-state index is 12.2. The number of carbonyl (C=O) groups is 1. The van der Waals surface area contributed by atoms with Crippen molar-refractivity contribution in [1.29, 1.82) is 0 Å². The lowest BCUT2D eigenvalue weighted by atomic mass is 9.64. The minimum Gasteiger partial charge on any atom is -0.461 e. The van der Waals surface area contributed by atoms with E-state index in [0.717, 1.165) is 50.5 Å². The highest BCUT2D eigenvalue weighted by Gasteiger charge is 2.44. The van der Waals surface area contributed by atoms with Crippen molar-refractivity contribution in [2.24, 2.45) is 11.3 Å². The summed E-state index contributed by atoms with van der Waals surface area (Å²) >= 11 is 0. The first-order valence-electron chi connectivity index (χ1n) is 12.8. The second kappa shape index (κ2) is 9.89. The van der Waals surface area contributed by atoms with E-state index in [1.54, 1.807) is 5.57 Å². The molecule has 5 heteroatoms. The summed E-state index contributed by atoms with van der Waals surface area (Å²) in [5.74, 6) is -1.53. The van der Waals surface area contributed by atoms with Crippen molar-refractivity contribution in [3.63, 3.8) is 0 Å². The van der Waals surface area contributed by atoms with Crippen LogP contribution in [0.2, 0.25) is 0 Å². The molecule has 0 aromatic heterocycles. The molecule has 4 aliphatic rings. The fraction of sp³-hybridized carbons (Fsp3) is 0.679. The molecule has 0 radical (unpaired) electrons. The molecular weight excluding hydrogens is 416 g/mol. The molecule has 2 N–H and O–H groups in total. The van der Waals surface area contributed by atoms with Gasteiger partial charge in [-0.15, -0.1) is 0 Å². The normalized spacial score (nSPS) is 37.5. The van der Waals surface area contributed by atoms with Crippen LogP contribution in [0.15, 0.2) is 47.1 Å². The maximum atomic E-state index is 12.2. The van der Waals surface area contributed by atoms with E-state index in [1.807, 2.05) is 6.08 Å². The van der Waals surface area contributed by atoms with Crippen molar-refractivity contribution in [3.05, 3.63) is 47.1 Å². The molecule has 0 aromatic carbocycles. The number of aliphatic hydroxyl groups excluding tert-OH is 1. The Bertz CT molecular complexity index is 862. The van der Waals surface area contributed by atoms with Crippen LogP contribution in [0.5, 0.6) is 0 Å². The second-order valence-electron chi connectivity index (χ2n) is 10.6. The molecule has 3 saturated carbocycles. The third-order valence-corrected chi connectivity index (χ3v) is 8.44. The standard InChI is InChI=1S/C28H40O5/c1-4-22-13-14-24-20(8-7-15-27(22,24)3)11-12-21-16-28(31,17-25(29)19(21)2)32-18-26(30)33-23-9-5-6-10-23/h11-13,23-25,29,31H,2,4-10,14-18H2,1,3H3/t24-,25?,27+,28-/m0/s1. The Hall–Kier alpha value is -1.69. The van der Waals surface area contributed by atoms with E-state index in [0.29, 0.717) is 11.5 Å². The van der Waals surface area contributed by atoms with Gasteiger partial charge in [0.15, 0.2) is 5.79 Å². The fourth-order valence-electron chi connectivity index (χ4n) is 6.48. The predicted molar refractivity (Wildman–Crippen MR) is 128 cm³/mol. The predicted octanol–water partition coefficient (Wildman–Crippen LogP) is 5.29. The van der Waals surface area contributed by atoms with Crippen LogP contribution in [0.1, 0.15) is 84.5 Å². The summed E-state index contributed by atoms with van der Waals surface area (Å²) in [6.07, 6.45) is 15.5. The molecule has 0 spiro atoms. The number of ether oxygens (including phenoxy) is 2. The molecule has 0 heterocycles. The summed E-state index contributed by atoms with van der Waals surface area (Å²) in [5, 5.41) is 21.6. The lowest BCUT2D eigenvalue weighted by Gasteiger charge is -2.41. The van der Waals surface area contributed by atoms with Crippen LogP contribution in [0.3, 0.4) is 0 Å². The summed E-state index contributed by atoms with van der Waals surface area (Å²) in [6, 6.07) is 0. The van der Waals surface area contributed by atoms with Crippen molar-refractivity contribution in [2.45, 2.75) is 102 Å². The van der Waals surface area contributed by atoms with Gasteiger partial charge in [0.25, 0.3) is 0 Å².